The van der Waals surface area contributed by atoms with Gasteiger partial charge in [-0.3, -0.25) is 9.98 Å². The maximum absolute atomic E-state index is 4.82. The molecule has 4 aromatic rings. The summed E-state index contributed by atoms with van der Waals surface area (Å²) in [4.78, 5) is 9.17. The molecule has 1 atom stereocenters. The summed E-state index contributed by atoms with van der Waals surface area (Å²) in [5.41, 5.74) is 2.14. The summed E-state index contributed by atoms with van der Waals surface area (Å²) in [7, 11) is -0.654. The Kier molecular flexibility index (Phi) is 6.24. The van der Waals surface area contributed by atoms with Crippen molar-refractivity contribution in [3.63, 3.8) is 0 Å². The number of aromatic nitrogens is 1. The molecule has 0 aliphatic carbocycles. The van der Waals surface area contributed by atoms with E-state index in [4.69, 9.17) is 4.99 Å². The van der Waals surface area contributed by atoms with Gasteiger partial charge in [-0.2, -0.15) is 0 Å². The van der Waals surface area contributed by atoms with E-state index in [0.717, 1.165) is 5.69 Å². The lowest BCUT2D eigenvalue weighted by atomic mass is 10.1. The standard InChI is InChI=1S/C26H23N2P/c1-21(28-20-22-12-10-11-19-27-22)25-17-8-9-18-26(25)29(23-13-4-2-5-14-23)24-15-6-3-7-16-24/h2-21H,1H3/t21-/m0/s1. The zero-order valence-electron chi connectivity index (χ0n) is 16.4. The smallest absolute Gasteiger partial charge is 0.0808 e. The number of pyridine rings is 1. The molecule has 29 heavy (non-hydrogen) atoms. The highest BCUT2D eigenvalue weighted by atomic mass is 31.1. The molecule has 0 unspecified atom stereocenters. The Hall–Kier alpha value is -3.09. The number of hydrogen-bond acceptors (Lipinski definition) is 2. The van der Waals surface area contributed by atoms with Gasteiger partial charge in [0, 0.05) is 12.4 Å². The molecule has 0 amide bonds. The Morgan fingerprint density at radius 3 is 1.93 bits per heavy atom. The third-order valence-electron chi connectivity index (χ3n) is 4.77. The Balaban J connectivity index is 1.76. The van der Waals surface area contributed by atoms with E-state index in [0.29, 0.717) is 0 Å². The minimum absolute atomic E-state index is 0.0469. The van der Waals surface area contributed by atoms with Gasteiger partial charge in [-0.15, -0.1) is 0 Å². The van der Waals surface area contributed by atoms with Crippen LogP contribution in [0.25, 0.3) is 0 Å². The van der Waals surface area contributed by atoms with Crippen LogP contribution in [0.4, 0.5) is 0 Å². The molecule has 0 saturated heterocycles. The number of rotatable bonds is 6. The maximum Gasteiger partial charge on any atom is 0.0808 e. The molecule has 0 spiro atoms. The molecular formula is C26H23N2P. The Morgan fingerprint density at radius 1 is 0.724 bits per heavy atom. The molecule has 142 valence electrons. The average molecular weight is 394 g/mol. The van der Waals surface area contributed by atoms with Gasteiger partial charge in [0.1, 0.15) is 0 Å². The topological polar surface area (TPSA) is 25.2 Å². The normalized spacial score (nSPS) is 12.3. The van der Waals surface area contributed by atoms with Crippen molar-refractivity contribution in [2.24, 2.45) is 4.99 Å². The van der Waals surface area contributed by atoms with Crippen LogP contribution < -0.4 is 15.9 Å². The monoisotopic (exact) mass is 394 g/mol. The summed E-state index contributed by atoms with van der Waals surface area (Å²) in [5, 5.41) is 4.05. The molecule has 0 N–H and O–H groups in total. The first-order valence-corrected chi connectivity index (χ1v) is 11.1. The van der Waals surface area contributed by atoms with Crippen molar-refractivity contribution in [3.8, 4) is 0 Å². The zero-order chi connectivity index (χ0) is 19.9. The van der Waals surface area contributed by atoms with Crippen LogP contribution in [0.5, 0.6) is 0 Å². The fourth-order valence-corrected chi connectivity index (χ4v) is 5.90. The highest BCUT2D eigenvalue weighted by molar-refractivity contribution is 7.79. The summed E-state index contributed by atoms with van der Waals surface area (Å²) < 4.78 is 0. The summed E-state index contributed by atoms with van der Waals surface area (Å²) in [6.45, 7) is 2.15. The number of benzene rings is 3. The second-order valence-corrected chi connectivity index (χ2v) is 8.96. The van der Waals surface area contributed by atoms with Gasteiger partial charge in [0.25, 0.3) is 0 Å². The van der Waals surface area contributed by atoms with Crippen molar-refractivity contribution in [2.75, 3.05) is 0 Å². The third kappa shape index (κ3) is 4.67. The van der Waals surface area contributed by atoms with Gasteiger partial charge in [0.05, 0.1) is 11.7 Å². The van der Waals surface area contributed by atoms with E-state index in [9.17, 15) is 0 Å². The fourth-order valence-electron chi connectivity index (χ4n) is 3.35. The van der Waals surface area contributed by atoms with Crippen molar-refractivity contribution in [1.82, 2.24) is 4.98 Å². The van der Waals surface area contributed by atoms with Crippen LogP contribution in [0.3, 0.4) is 0 Å². The summed E-state index contributed by atoms with van der Waals surface area (Å²) in [6.07, 6.45) is 3.67. The van der Waals surface area contributed by atoms with Gasteiger partial charge in [0.2, 0.25) is 0 Å². The van der Waals surface area contributed by atoms with Crippen LogP contribution in [0, 0.1) is 0 Å². The van der Waals surface area contributed by atoms with Crippen LogP contribution in [0.1, 0.15) is 24.2 Å². The summed E-state index contributed by atoms with van der Waals surface area (Å²) >= 11 is 0. The second-order valence-electron chi connectivity index (χ2n) is 6.77. The molecule has 0 aliphatic heterocycles. The molecule has 4 rings (SSSR count). The van der Waals surface area contributed by atoms with Crippen molar-refractivity contribution >= 4 is 30.0 Å². The minimum atomic E-state index is -0.654. The van der Waals surface area contributed by atoms with Gasteiger partial charge in [-0.05, 0) is 48.5 Å². The summed E-state index contributed by atoms with van der Waals surface area (Å²) in [6, 6.07) is 36.2. The first kappa shape index (κ1) is 19.2. The molecule has 0 fully saturated rings. The Morgan fingerprint density at radius 2 is 1.31 bits per heavy atom. The predicted octanol–water partition coefficient (Wildman–Crippen LogP) is 5.02. The SMILES string of the molecule is C[C@H](N=Cc1ccccn1)c1ccccc1P(c1ccccc1)c1ccccc1. The lowest BCUT2D eigenvalue weighted by Crippen LogP contribution is -2.23. The largest absolute Gasteiger partial charge is 0.283 e. The van der Waals surface area contributed by atoms with E-state index >= 15 is 0 Å². The van der Waals surface area contributed by atoms with Gasteiger partial charge in [-0.1, -0.05) is 91.0 Å². The van der Waals surface area contributed by atoms with E-state index in [-0.39, 0.29) is 6.04 Å². The van der Waals surface area contributed by atoms with Crippen LogP contribution in [0.15, 0.2) is 114 Å². The van der Waals surface area contributed by atoms with Crippen molar-refractivity contribution in [3.05, 3.63) is 121 Å². The van der Waals surface area contributed by atoms with Crippen molar-refractivity contribution in [2.45, 2.75) is 13.0 Å². The van der Waals surface area contributed by atoms with Crippen molar-refractivity contribution in [1.29, 1.82) is 0 Å². The number of hydrogen-bond donors (Lipinski definition) is 0. The van der Waals surface area contributed by atoms with Crippen LogP contribution in [0.2, 0.25) is 0 Å². The second kappa shape index (κ2) is 9.41. The van der Waals surface area contributed by atoms with Crippen molar-refractivity contribution < 1.29 is 0 Å². The highest BCUT2D eigenvalue weighted by Crippen LogP contribution is 2.36. The Labute approximate surface area is 173 Å². The van der Waals surface area contributed by atoms with Gasteiger partial charge < -0.3 is 0 Å². The van der Waals surface area contributed by atoms with E-state index in [1.807, 2.05) is 24.4 Å². The lowest BCUT2D eigenvalue weighted by Gasteiger charge is -2.23. The van der Waals surface area contributed by atoms with E-state index in [1.165, 1.54) is 21.5 Å². The summed E-state index contributed by atoms with van der Waals surface area (Å²) in [5.74, 6) is 0. The van der Waals surface area contributed by atoms with E-state index < -0.39 is 7.92 Å². The molecule has 1 aromatic heterocycles. The number of nitrogens with zero attached hydrogens (tertiary/aromatic N) is 2. The molecule has 1 heterocycles. The van der Waals surface area contributed by atoms with Crippen LogP contribution >= 0.6 is 7.92 Å². The van der Waals surface area contributed by atoms with Crippen LogP contribution in [-0.4, -0.2) is 11.2 Å². The number of aliphatic imine (C=N–C) groups is 1. The van der Waals surface area contributed by atoms with E-state index in [1.54, 1.807) is 6.20 Å². The molecule has 2 nitrogen and oxygen atoms in total. The van der Waals surface area contributed by atoms with Gasteiger partial charge in [0.15, 0.2) is 0 Å². The zero-order valence-corrected chi connectivity index (χ0v) is 17.3. The van der Waals surface area contributed by atoms with E-state index in [2.05, 4.69) is 96.8 Å². The lowest BCUT2D eigenvalue weighted by molar-refractivity contribution is 0.830. The van der Waals surface area contributed by atoms with Crippen LogP contribution in [-0.2, 0) is 0 Å². The maximum atomic E-state index is 4.82. The quantitative estimate of drug-likeness (QED) is 0.333. The molecule has 0 aliphatic rings. The predicted molar refractivity (Wildman–Crippen MR) is 125 cm³/mol. The third-order valence-corrected chi connectivity index (χ3v) is 7.29. The molecule has 0 radical (unpaired) electrons. The fraction of sp³-hybridized carbons (Fsp3) is 0.0769. The Bertz CT molecular complexity index is 1020. The molecule has 0 saturated carbocycles. The highest BCUT2D eigenvalue weighted by Gasteiger charge is 2.21. The molecule has 0 bridgehead atoms. The molecule has 3 aromatic carbocycles. The van der Waals surface area contributed by atoms with Gasteiger partial charge in [-0.25, -0.2) is 0 Å². The first-order chi connectivity index (χ1) is 14.3. The average Bonchev–Trinajstić information content (AvgIpc) is 2.80. The first-order valence-electron chi connectivity index (χ1n) is 9.76. The minimum Gasteiger partial charge on any atom is -0.283 e. The molecule has 3 heteroatoms. The molecular weight excluding hydrogens is 371 g/mol. The van der Waals surface area contributed by atoms with Gasteiger partial charge >= 0.3 is 0 Å².